The topological polar surface area (TPSA) is 54.2 Å². The van der Waals surface area contributed by atoms with E-state index in [0.717, 1.165) is 35.5 Å². The normalized spacial score (nSPS) is 20.1. The largest absolute Gasteiger partial charge is 0.385 e. The molecule has 2 unspecified atom stereocenters. The summed E-state index contributed by atoms with van der Waals surface area (Å²) in [5, 5.41) is 11.2. The highest BCUT2D eigenvalue weighted by atomic mass is 16.3. The molecule has 2 aromatic heterocycles. The van der Waals surface area contributed by atoms with Crippen molar-refractivity contribution in [2.24, 2.45) is 7.05 Å². The van der Waals surface area contributed by atoms with Gasteiger partial charge in [0.1, 0.15) is 5.52 Å². The predicted molar refractivity (Wildman–Crippen MR) is 103 cm³/mol. The van der Waals surface area contributed by atoms with Gasteiger partial charge < -0.3 is 14.6 Å². The lowest BCUT2D eigenvalue weighted by molar-refractivity contribution is 0.0335. The van der Waals surface area contributed by atoms with Crippen LogP contribution in [-0.2, 0) is 19.2 Å². The summed E-state index contributed by atoms with van der Waals surface area (Å²) in [5.41, 5.74) is 5.46. The van der Waals surface area contributed by atoms with E-state index in [-0.39, 0.29) is 5.92 Å². The number of rotatable bonds is 3. The molecule has 0 saturated carbocycles. The minimum Gasteiger partial charge on any atom is -0.385 e. The van der Waals surface area contributed by atoms with E-state index in [1.54, 1.807) is 0 Å². The van der Waals surface area contributed by atoms with Crippen LogP contribution in [0, 0.1) is 6.92 Å². The highest BCUT2D eigenvalue weighted by Crippen LogP contribution is 2.40. The molecule has 1 N–H and O–H groups in total. The smallest absolute Gasteiger partial charge is 0.158 e. The van der Waals surface area contributed by atoms with Crippen LogP contribution in [0.2, 0.25) is 0 Å². The molecule has 0 amide bonds. The summed E-state index contributed by atoms with van der Waals surface area (Å²) >= 11 is 0. The van der Waals surface area contributed by atoms with Crippen LogP contribution >= 0.6 is 0 Å². The Morgan fingerprint density at radius 1 is 1.23 bits per heavy atom. The molecule has 26 heavy (non-hydrogen) atoms. The van der Waals surface area contributed by atoms with Gasteiger partial charge in [-0.25, -0.2) is 9.97 Å². The van der Waals surface area contributed by atoms with Crippen LogP contribution < -0.4 is 0 Å². The molecule has 0 saturated heterocycles. The molecule has 136 valence electrons. The summed E-state index contributed by atoms with van der Waals surface area (Å²) in [4.78, 5) is 11.7. The highest BCUT2D eigenvalue weighted by Gasteiger charge is 2.35. The summed E-state index contributed by atoms with van der Waals surface area (Å²) in [5.74, 6) is 0.222. The van der Waals surface area contributed by atoms with Crippen molar-refractivity contribution in [3.8, 4) is 0 Å². The van der Waals surface area contributed by atoms with Crippen LogP contribution in [0.25, 0.3) is 11.2 Å². The Morgan fingerprint density at radius 3 is 2.69 bits per heavy atom. The number of aromatic nitrogens is 3. The molecule has 3 aromatic rings. The number of nitrogens with zero attached hydrogens (tertiary/aromatic N) is 4. The van der Waals surface area contributed by atoms with Crippen LogP contribution in [0.5, 0.6) is 0 Å². The molecule has 3 heterocycles. The molecule has 1 aromatic carbocycles. The monoisotopic (exact) mass is 350 g/mol. The van der Waals surface area contributed by atoms with E-state index in [1.807, 2.05) is 50.4 Å². The fourth-order valence-corrected chi connectivity index (χ4v) is 4.39. The molecule has 0 bridgehead atoms. The Bertz CT molecular complexity index is 946. The Balaban J connectivity index is 1.79. The van der Waals surface area contributed by atoms with Crippen molar-refractivity contribution in [1.82, 2.24) is 19.4 Å². The summed E-state index contributed by atoms with van der Waals surface area (Å²) in [6.07, 6.45) is 2.49. The molecule has 0 fully saturated rings. The molecule has 2 atom stereocenters. The number of likely N-dealkylation sites (N-methyl/N-ethyl adjacent to an activating group) is 1. The standard InChI is InChI=1S/C21H26N4O/c1-14-11-22-20-18(23-14)17-13-24(3)12-15(19(17)25(20)4)10-21(2,26)16-8-6-5-7-9-16/h5-9,11,15,26H,10,12-13H2,1-4H3. The van der Waals surface area contributed by atoms with Gasteiger partial charge in [0.05, 0.1) is 17.5 Å². The third kappa shape index (κ3) is 2.81. The van der Waals surface area contributed by atoms with Crippen molar-refractivity contribution in [1.29, 1.82) is 0 Å². The maximum atomic E-state index is 11.2. The summed E-state index contributed by atoms with van der Waals surface area (Å²) in [6.45, 7) is 5.68. The van der Waals surface area contributed by atoms with Crippen molar-refractivity contribution >= 4 is 11.2 Å². The molecule has 1 aliphatic rings. The van der Waals surface area contributed by atoms with Gasteiger partial charge in [0, 0.05) is 37.3 Å². The Kier molecular flexibility index (Phi) is 4.09. The molecule has 0 spiro atoms. The highest BCUT2D eigenvalue weighted by molar-refractivity contribution is 5.78. The second kappa shape index (κ2) is 6.18. The molecule has 0 aliphatic carbocycles. The van der Waals surface area contributed by atoms with Gasteiger partial charge in [-0.3, -0.25) is 0 Å². The minimum absolute atomic E-state index is 0.222. The van der Waals surface area contributed by atoms with Crippen molar-refractivity contribution < 1.29 is 5.11 Å². The fourth-order valence-electron chi connectivity index (χ4n) is 4.39. The molecule has 4 rings (SSSR count). The number of hydrogen-bond donors (Lipinski definition) is 1. The lowest BCUT2D eigenvalue weighted by Gasteiger charge is -2.35. The van der Waals surface area contributed by atoms with Crippen LogP contribution in [-0.4, -0.2) is 38.1 Å². The average Bonchev–Trinajstić information content (AvgIpc) is 2.87. The van der Waals surface area contributed by atoms with Crippen molar-refractivity contribution in [2.45, 2.75) is 38.3 Å². The van der Waals surface area contributed by atoms with E-state index in [2.05, 4.69) is 28.5 Å². The van der Waals surface area contributed by atoms with Crippen LogP contribution in [0.4, 0.5) is 0 Å². The second-order valence-corrected chi connectivity index (χ2v) is 7.84. The summed E-state index contributed by atoms with van der Waals surface area (Å²) in [7, 11) is 4.20. The number of benzene rings is 1. The van der Waals surface area contributed by atoms with Gasteiger partial charge in [-0.1, -0.05) is 30.3 Å². The number of aliphatic hydroxyl groups is 1. The van der Waals surface area contributed by atoms with E-state index < -0.39 is 5.60 Å². The van der Waals surface area contributed by atoms with E-state index in [9.17, 15) is 5.11 Å². The maximum absolute atomic E-state index is 11.2. The van der Waals surface area contributed by atoms with Crippen molar-refractivity contribution in [2.75, 3.05) is 13.6 Å². The first-order valence-corrected chi connectivity index (χ1v) is 9.14. The Labute approximate surface area is 154 Å². The third-order valence-corrected chi connectivity index (χ3v) is 5.53. The van der Waals surface area contributed by atoms with Crippen LogP contribution in [0.15, 0.2) is 36.5 Å². The molecule has 0 radical (unpaired) electrons. The maximum Gasteiger partial charge on any atom is 0.158 e. The minimum atomic E-state index is -0.880. The van der Waals surface area contributed by atoms with E-state index in [1.165, 1.54) is 11.3 Å². The Hall–Kier alpha value is -2.24. The quantitative estimate of drug-likeness (QED) is 0.789. The van der Waals surface area contributed by atoms with Crippen LogP contribution in [0.3, 0.4) is 0 Å². The van der Waals surface area contributed by atoms with E-state index >= 15 is 0 Å². The molecule has 5 heteroatoms. The van der Waals surface area contributed by atoms with Gasteiger partial charge in [-0.05, 0) is 32.9 Å². The van der Waals surface area contributed by atoms with Crippen LogP contribution in [0.1, 0.15) is 41.8 Å². The molecular formula is C21H26N4O. The number of hydrogen-bond acceptors (Lipinski definition) is 4. The van der Waals surface area contributed by atoms with Gasteiger partial charge in [0.25, 0.3) is 0 Å². The molecular weight excluding hydrogens is 324 g/mol. The first-order chi connectivity index (χ1) is 12.4. The van der Waals surface area contributed by atoms with E-state index in [0.29, 0.717) is 6.42 Å². The summed E-state index contributed by atoms with van der Waals surface area (Å²) in [6, 6.07) is 9.95. The summed E-state index contributed by atoms with van der Waals surface area (Å²) < 4.78 is 2.18. The zero-order valence-electron chi connectivity index (χ0n) is 15.9. The van der Waals surface area contributed by atoms with Gasteiger partial charge in [-0.15, -0.1) is 0 Å². The average molecular weight is 350 g/mol. The predicted octanol–water partition coefficient (Wildman–Crippen LogP) is 3.10. The zero-order chi connectivity index (χ0) is 18.5. The van der Waals surface area contributed by atoms with Gasteiger partial charge in [-0.2, -0.15) is 0 Å². The third-order valence-electron chi connectivity index (χ3n) is 5.53. The number of fused-ring (bicyclic) bond motifs is 3. The lowest BCUT2D eigenvalue weighted by atomic mass is 9.82. The van der Waals surface area contributed by atoms with E-state index in [4.69, 9.17) is 4.98 Å². The second-order valence-electron chi connectivity index (χ2n) is 7.84. The lowest BCUT2D eigenvalue weighted by Crippen LogP contribution is -2.35. The molecule has 1 aliphatic heterocycles. The zero-order valence-corrected chi connectivity index (χ0v) is 15.9. The fraction of sp³-hybridized carbons (Fsp3) is 0.429. The van der Waals surface area contributed by atoms with Gasteiger partial charge in [0.15, 0.2) is 5.65 Å². The first kappa shape index (κ1) is 17.2. The van der Waals surface area contributed by atoms with Gasteiger partial charge in [0.2, 0.25) is 0 Å². The number of aryl methyl sites for hydroxylation is 2. The SMILES string of the molecule is Cc1cnc2c(n1)c1c(n2C)C(CC(C)(O)c2ccccc2)CN(C)C1. The van der Waals surface area contributed by atoms with Crippen molar-refractivity contribution in [3.05, 3.63) is 59.0 Å². The Morgan fingerprint density at radius 2 is 1.96 bits per heavy atom. The first-order valence-electron chi connectivity index (χ1n) is 9.14. The van der Waals surface area contributed by atoms with Gasteiger partial charge >= 0.3 is 0 Å². The van der Waals surface area contributed by atoms with Crippen molar-refractivity contribution in [3.63, 3.8) is 0 Å². The molecule has 5 nitrogen and oxygen atoms in total.